The molecule has 1 unspecified atom stereocenters. The fourth-order valence-electron chi connectivity index (χ4n) is 2.87. The van der Waals surface area contributed by atoms with Crippen LogP contribution in [0.2, 0.25) is 0 Å². The summed E-state index contributed by atoms with van der Waals surface area (Å²) >= 11 is 0. The zero-order valence-corrected chi connectivity index (χ0v) is 11.6. The minimum absolute atomic E-state index is 0.518. The third-order valence-corrected chi connectivity index (χ3v) is 5.28. The van der Waals surface area contributed by atoms with Gasteiger partial charge in [-0.1, -0.05) is 27.7 Å². The van der Waals surface area contributed by atoms with Crippen LogP contribution < -0.4 is 10.6 Å². The summed E-state index contributed by atoms with van der Waals surface area (Å²) in [5.41, 5.74) is 1.04. The highest BCUT2D eigenvalue weighted by Gasteiger charge is 2.63. The lowest BCUT2D eigenvalue weighted by molar-refractivity contribution is 0.456. The fourth-order valence-corrected chi connectivity index (χ4v) is 2.87. The van der Waals surface area contributed by atoms with Crippen LogP contribution >= 0.6 is 0 Å². The van der Waals surface area contributed by atoms with Gasteiger partial charge in [0.25, 0.3) is 0 Å². The Morgan fingerprint density at radius 1 is 1.12 bits per heavy atom. The first-order chi connectivity index (χ1) is 7.35. The summed E-state index contributed by atoms with van der Waals surface area (Å²) in [7, 11) is 0. The van der Waals surface area contributed by atoms with Gasteiger partial charge in [-0.3, -0.25) is 0 Å². The van der Waals surface area contributed by atoms with Crippen molar-refractivity contribution in [2.24, 2.45) is 16.7 Å². The second-order valence-corrected chi connectivity index (χ2v) is 6.99. The van der Waals surface area contributed by atoms with Gasteiger partial charge >= 0.3 is 0 Å². The largest absolute Gasteiger partial charge is 0.313 e. The lowest BCUT2D eigenvalue weighted by Gasteiger charge is -2.15. The molecule has 2 rings (SSSR count). The predicted octanol–water partition coefficient (Wildman–Crippen LogP) is 2.40. The lowest BCUT2D eigenvalue weighted by atomic mass is 10.0. The normalized spacial score (nSPS) is 29.1. The summed E-state index contributed by atoms with van der Waals surface area (Å²) in [6.07, 6.45) is 2.77. The van der Waals surface area contributed by atoms with E-state index in [-0.39, 0.29) is 0 Å². The van der Waals surface area contributed by atoms with Crippen molar-refractivity contribution in [3.63, 3.8) is 0 Å². The van der Waals surface area contributed by atoms with E-state index in [1.807, 2.05) is 0 Å². The SMILES string of the molecule is CC(CNC1CC1)NCC1C(C)(C)C1(C)C. The molecule has 0 aromatic rings. The molecule has 2 N–H and O–H groups in total. The fraction of sp³-hybridized carbons (Fsp3) is 1.00. The Morgan fingerprint density at radius 3 is 2.12 bits per heavy atom. The first-order valence-corrected chi connectivity index (χ1v) is 6.82. The zero-order valence-electron chi connectivity index (χ0n) is 11.6. The molecule has 0 heterocycles. The topological polar surface area (TPSA) is 24.1 Å². The van der Waals surface area contributed by atoms with Crippen molar-refractivity contribution < 1.29 is 0 Å². The third kappa shape index (κ3) is 2.28. The molecule has 1 atom stereocenters. The smallest absolute Gasteiger partial charge is 0.0164 e. The van der Waals surface area contributed by atoms with E-state index in [1.165, 1.54) is 19.4 Å². The van der Waals surface area contributed by atoms with Crippen LogP contribution in [0.1, 0.15) is 47.5 Å². The monoisotopic (exact) mass is 224 g/mol. The number of rotatable bonds is 6. The second-order valence-electron chi connectivity index (χ2n) is 6.99. The first kappa shape index (κ1) is 12.4. The van der Waals surface area contributed by atoms with Crippen molar-refractivity contribution in [1.82, 2.24) is 10.6 Å². The predicted molar refractivity (Wildman–Crippen MR) is 69.5 cm³/mol. The Balaban J connectivity index is 1.64. The molecule has 0 spiro atoms. The Labute approximate surface area is 101 Å². The maximum Gasteiger partial charge on any atom is 0.0164 e. The maximum atomic E-state index is 3.68. The Morgan fingerprint density at radius 2 is 1.69 bits per heavy atom. The summed E-state index contributed by atoms with van der Waals surface area (Å²) in [6, 6.07) is 1.44. The van der Waals surface area contributed by atoms with Crippen LogP contribution in [0.3, 0.4) is 0 Å². The molecule has 2 fully saturated rings. The van der Waals surface area contributed by atoms with Gasteiger partial charge in [-0.2, -0.15) is 0 Å². The molecule has 0 saturated heterocycles. The Hall–Kier alpha value is -0.0800. The highest BCUT2D eigenvalue weighted by Crippen LogP contribution is 2.67. The van der Waals surface area contributed by atoms with E-state index in [0.717, 1.165) is 18.5 Å². The van der Waals surface area contributed by atoms with E-state index in [1.54, 1.807) is 0 Å². The van der Waals surface area contributed by atoms with Gasteiger partial charge in [0.1, 0.15) is 0 Å². The molecule has 0 radical (unpaired) electrons. The minimum Gasteiger partial charge on any atom is -0.313 e. The van der Waals surface area contributed by atoms with E-state index in [4.69, 9.17) is 0 Å². The van der Waals surface area contributed by atoms with Crippen LogP contribution in [-0.4, -0.2) is 25.2 Å². The van der Waals surface area contributed by atoms with Crippen molar-refractivity contribution in [2.45, 2.75) is 59.5 Å². The molecule has 0 amide bonds. The summed E-state index contributed by atoms with van der Waals surface area (Å²) < 4.78 is 0. The first-order valence-electron chi connectivity index (χ1n) is 6.82. The highest BCUT2D eigenvalue weighted by atomic mass is 15.0. The van der Waals surface area contributed by atoms with Crippen molar-refractivity contribution in [3.8, 4) is 0 Å². The van der Waals surface area contributed by atoms with E-state index in [0.29, 0.717) is 16.9 Å². The van der Waals surface area contributed by atoms with Gasteiger partial charge in [0.2, 0.25) is 0 Å². The maximum absolute atomic E-state index is 3.68. The molecular weight excluding hydrogens is 196 g/mol. The van der Waals surface area contributed by atoms with Crippen molar-refractivity contribution in [2.75, 3.05) is 13.1 Å². The molecular formula is C14H28N2. The quantitative estimate of drug-likeness (QED) is 0.724. The molecule has 0 bridgehead atoms. The highest BCUT2D eigenvalue weighted by molar-refractivity contribution is 5.12. The zero-order chi connectivity index (χ0) is 12.0. The molecule has 2 aliphatic carbocycles. The van der Waals surface area contributed by atoms with Crippen LogP contribution in [0, 0.1) is 16.7 Å². The number of hydrogen-bond donors (Lipinski definition) is 2. The van der Waals surface area contributed by atoms with Crippen LogP contribution in [0.4, 0.5) is 0 Å². The number of nitrogens with one attached hydrogen (secondary N) is 2. The van der Waals surface area contributed by atoms with Gasteiger partial charge in [-0.25, -0.2) is 0 Å². The van der Waals surface area contributed by atoms with Crippen molar-refractivity contribution in [3.05, 3.63) is 0 Å². The third-order valence-electron chi connectivity index (χ3n) is 5.28. The van der Waals surface area contributed by atoms with Gasteiger partial charge < -0.3 is 10.6 Å². The molecule has 16 heavy (non-hydrogen) atoms. The van der Waals surface area contributed by atoms with Crippen LogP contribution in [-0.2, 0) is 0 Å². The standard InChI is InChI=1S/C14H28N2/c1-10(8-16-11-6-7-11)15-9-12-13(2,3)14(12,4)5/h10-12,15-16H,6-9H2,1-5H3. The average Bonchev–Trinajstić information content (AvgIpc) is 3.03. The molecule has 94 valence electrons. The van der Waals surface area contributed by atoms with Crippen LogP contribution in [0.25, 0.3) is 0 Å². The second kappa shape index (κ2) is 3.99. The Kier molecular flexibility index (Phi) is 3.09. The van der Waals surface area contributed by atoms with Gasteiger partial charge in [0.15, 0.2) is 0 Å². The molecule has 0 aromatic heterocycles. The summed E-state index contributed by atoms with van der Waals surface area (Å²) in [6.45, 7) is 14.2. The van der Waals surface area contributed by atoms with E-state index >= 15 is 0 Å². The van der Waals surface area contributed by atoms with E-state index in [9.17, 15) is 0 Å². The summed E-state index contributed by atoms with van der Waals surface area (Å²) in [5, 5.41) is 7.26. The molecule has 2 aliphatic rings. The van der Waals surface area contributed by atoms with E-state index < -0.39 is 0 Å². The lowest BCUT2D eigenvalue weighted by Crippen LogP contribution is -2.38. The van der Waals surface area contributed by atoms with Gasteiger partial charge in [0.05, 0.1) is 0 Å². The summed E-state index contributed by atoms with van der Waals surface area (Å²) in [4.78, 5) is 0. The average molecular weight is 224 g/mol. The van der Waals surface area contributed by atoms with Crippen LogP contribution in [0.5, 0.6) is 0 Å². The summed E-state index contributed by atoms with van der Waals surface area (Å²) in [5.74, 6) is 0.836. The van der Waals surface area contributed by atoms with E-state index in [2.05, 4.69) is 45.3 Å². The van der Waals surface area contributed by atoms with Crippen molar-refractivity contribution >= 4 is 0 Å². The molecule has 0 aromatic carbocycles. The number of hydrogen-bond acceptors (Lipinski definition) is 2. The minimum atomic E-state index is 0.518. The Bertz CT molecular complexity index is 239. The molecule has 0 aliphatic heterocycles. The molecule has 2 nitrogen and oxygen atoms in total. The van der Waals surface area contributed by atoms with Crippen molar-refractivity contribution in [1.29, 1.82) is 0 Å². The van der Waals surface area contributed by atoms with Gasteiger partial charge in [0, 0.05) is 18.6 Å². The molecule has 2 heteroatoms. The van der Waals surface area contributed by atoms with Gasteiger partial charge in [-0.15, -0.1) is 0 Å². The van der Waals surface area contributed by atoms with Crippen LogP contribution in [0.15, 0.2) is 0 Å². The molecule has 2 saturated carbocycles. The van der Waals surface area contributed by atoms with Gasteiger partial charge in [-0.05, 0) is 43.1 Å².